The van der Waals surface area contributed by atoms with E-state index in [9.17, 15) is 8.42 Å². The molecule has 0 spiro atoms. The molecule has 0 unspecified atom stereocenters. The van der Waals surface area contributed by atoms with Gasteiger partial charge in [0.05, 0.1) is 22.8 Å². The Kier molecular flexibility index (Phi) is 8.35. The summed E-state index contributed by atoms with van der Waals surface area (Å²) in [4.78, 5) is 13.8. The van der Waals surface area contributed by atoms with Crippen LogP contribution in [0.2, 0.25) is 0 Å². The Morgan fingerprint density at radius 1 is 0.884 bits per heavy atom. The van der Waals surface area contributed by atoms with Crippen LogP contribution in [0.25, 0.3) is 22.0 Å². The zero-order valence-electron chi connectivity index (χ0n) is 24.3. The van der Waals surface area contributed by atoms with E-state index < -0.39 is 9.84 Å². The monoisotopic (exact) mass is 593 g/mol. The first-order chi connectivity index (χ1) is 20.8. The molecule has 3 heterocycles. The number of nitrogens with one attached hydrogen (secondary N) is 2. The number of ether oxygens (including phenoxy) is 1. The average Bonchev–Trinajstić information content (AvgIpc) is 2.99. The largest absolute Gasteiger partial charge is 0.437 e. The average molecular weight is 594 g/mol. The van der Waals surface area contributed by atoms with Gasteiger partial charge in [0.1, 0.15) is 5.75 Å². The number of rotatable bonds is 9. The van der Waals surface area contributed by atoms with Crippen LogP contribution in [0.1, 0.15) is 30.0 Å². The number of benzene rings is 3. The SMILES string of the molecule is Cc1ccc2c(CS(=O)(=O)Cc3ccccc3)cccc2c1Oc1ncccc1-c1ccnc(N[C@@H]2CNC[C@H](C)C2)n1. The summed E-state index contributed by atoms with van der Waals surface area (Å²) in [5, 5.41) is 8.58. The van der Waals surface area contributed by atoms with E-state index >= 15 is 0 Å². The molecule has 1 fully saturated rings. The van der Waals surface area contributed by atoms with Crippen LogP contribution in [0.5, 0.6) is 11.6 Å². The highest BCUT2D eigenvalue weighted by molar-refractivity contribution is 7.89. The number of pyridine rings is 1. The first-order valence-corrected chi connectivity index (χ1v) is 16.4. The molecule has 2 N–H and O–H groups in total. The van der Waals surface area contributed by atoms with Gasteiger partial charge in [-0.15, -0.1) is 0 Å². The minimum atomic E-state index is -3.40. The third kappa shape index (κ3) is 6.84. The molecule has 6 rings (SSSR count). The summed E-state index contributed by atoms with van der Waals surface area (Å²) in [7, 11) is -3.40. The number of anilines is 1. The maximum atomic E-state index is 13.2. The lowest BCUT2D eigenvalue weighted by Crippen LogP contribution is -2.42. The number of fused-ring (bicyclic) bond motifs is 1. The van der Waals surface area contributed by atoms with Gasteiger partial charge in [0.2, 0.25) is 11.8 Å². The Hall–Kier alpha value is -4.34. The fraction of sp³-hybridized carbons (Fsp3) is 0.265. The quantitative estimate of drug-likeness (QED) is 0.205. The molecule has 8 nitrogen and oxygen atoms in total. The van der Waals surface area contributed by atoms with Crippen LogP contribution in [0.4, 0.5) is 5.95 Å². The van der Waals surface area contributed by atoms with Crippen molar-refractivity contribution in [2.45, 2.75) is 37.8 Å². The second-order valence-corrected chi connectivity index (χ2v) is 13.4. The number of hydrogen-bond donors (Lipinski definition) is 2. The summed E-state index contributed by atoms with van der Waals surface area (Å²) >= 11 is 0. The maximum absolute atomic E-state index is 13.2. The fourth-order valence-corrected chi connectivity index (χ4v) is 7.20. The van der Waals surface area contributed by atoms with Crippen LogP contribution in [0, 0.1) is 12.8 Å². The molecule has 3 aromatic carbocycles. The van der Waals surface area contributed by atoms with Gasteiger partial charge in [-0.1, -0.05) is 67.6 Å². The Balaban J connectivity index is 1.30. The topological polar surface area (TPSA) is 106 Å². The maximum Gasteiger partial charge on any atom is 0.228 e. The van der Waals surface area contributed by atoms with E-state index in [2.05, 4.69) is 27.5 Å². The molecule has 2 atom stereocenters. The van der Waals surface area contributed by atoms with E-state index in [1.54, 1.807) is 12.4 Å². The summed E-state index contributed by atoms with van der Waals surface area (Å²) < 4.78 is 32.9. The molecule has 0 amide bonds. The van der Waals surface area contributed by atoms with E-state index in [4.69, 9.17) is 9.72 Å². The summed E-state index contributed by atoms with van der Waals surface area (Å²) in [6, 6.07) is 24.8. The molecule has 5 aromatic rings. The van der Waals surface area contributed by atoms with Crippen LogP contribution < -0.4 is 15.4 Å². The van der Waals surface area contributed by atoms with Gasteiger partial charge in [0, 0.05) is 30.4 Å². The van der Waals surface area contributed by atoms with Crippen molar-refractivity contribution in [3.05, 3.63) is 108 Å². The van der Waals surface area contributed by atoms with Gasteiger partial charge in [-0.05, 0) is 66.1 Å². The molecule has 1 aliphatic rings. The van der Waals surface area contributed by atoms with Gasteiger partial charge in [0.25, 0.3) is 0 Å². The molecule has 2 aromatic heterocycles. The van der Waals surface area contributed by atoms with Crippen LogP contribution in [0.15, 0.2) is 91.3 Å². The minimum Gasteiger partial charge on any atom is -0.437 e. The summed E-state index contributed by atoms with van der Waals surface area (Å²) in [6.07, 6.45) is 4.49. The van der Waals surface area contributed by atoms with Gasteiger partial charge in [-0.3, -0.25) is 0 Å². The van der Waals surface area contributed by atoms with Crippen molar-refractivity contribution < 1.29 is 13.2 Å². The third-order valence-electron chi connectivity index (χ3n) is 7.71. The first-order valence-electron chi connectivity index (χ1n) is 14.5. The molecule has 0 aliphatic carbocycles. The van der Waals surface area contributed by atoms with Crippen molar-refractivity contribution in [3.8, 4) is 22.9 Å². The Morgan fingerprint density at radius 3 is 2.58 bits per heavy atom. The minimum absolute atomic E-state index is 0.0111. The summed E-state index contributed by atoms with van der Waals surface area (Å²) in [5.74, 6) is 2.12. The molecular weight excluding hydrogens is 558 g/mol. The lowest BCUT2D eigenvalue weighted by atomic mass is 9.98. The molecule has 9 heteroatoms. The second kappa shape index (κ2) is 12.5. The zero-order chi connectivity index (χ0) is 29.8. The van der Waals surface area contributed by atoms with E-state index in [-0.39, 0.29) is 17.5 Å². The third-order valence-corrected chi connectivity index (χ3v) is 9.23. The van der Waals surface area contributed by atoms with Crippen molar-refractivity contribution >= 4 is 26.6 Å². The normalized spacial score (nSPS) is 17.1. The second-order valence-electron chi connectivity index (χ2n) is 11.3. The van der Waals surface area contributed by atoms with Gasteiger partial charge in [-0.2, -0.15) is 0 Å². The van der Waals surface area contributed by atoms with Crippen LogP contribution >= 0.6 is 0 Å². The summed E-state index contributed by atoms with van der Waals surface area (Å²) in [6.45, 7) is 6.10. The van der Waals surface area contributed by atoms with Gasteiger partial charge in [0.15, 0.2) is 9.84 Å². The van der Waals surface area contributed by atoms with Gasteiger partial charge < -0.3 is 15.4 Å². The fourth-order valence-electron chi connectivity index (χ4n) is 5.67. The molecule has 0 radical (unpaired) electrons. The van der Waals surface area contributed by atoms with Crippen LogP contribution in [0.3, 0.4) is 0 Å². The summed E-state index contributed by atoms with van der Waals surface area (Å²) in [5.41, 5.74) is 3.86. The number of aryl methyl sites for hydroxylation is 1. The predicted molar refractivity (Wildman–Crippen MR) is 171 cm³/mol. The number of aromatic nitrogens is 3. The zero-order valence-corrected chi connectivity index (χ0v) is 25.1. The van der Waals surface area contributed by atoms with E-state index in [1.165, 1.54) is 0 Å². The smallest absolute Gasteiger partial charge is 0.228 e. The lowest BCUT2D eigenvalue weighted by molar-refractivity contribution is 0.377. The Morgan fingerprint density at radius 2 is 1.74 bits per heavy atom. The van der Waals surface area contributed by atoms with Gasteiger partial charge >= 0.3 is 0 Å². The number of nitrogens with zero attached hydrogens (tertiary/aromatic N) is 3. The lowest BCUT2D eigenvalue weighted by Gasteiger charge is -2.28. The van der Waals surface area contributed by atoms with E-state index in [0.717, 1.165) is 52.5 Å². The van der Waals surface area contributed by atoms with Crippen molar-refractivity contribution in [1.29, 1.82) is 0 Å². The molecule has 43 heavy (non-hydrogen) atoms. The highest BCUT2D eigenvalue weighted by atomic mass is 32.2. The highest BCUT2D eigenvalue weighted by Crippen LogP contribution is 2.38. The number of sulfone groups is 1. The predicted octanol–water partition coefficient (Wildman–Crippen LogP) is 6.32. The van der Waals surface area contributed by atoms with Crippen molar-refractivity contribution in [2.24, 2.45) is 5.92 Å². The number of piperidine rings is 1. The van der Waals surface area contributed by atoms with Crippen molar-refractivity contribution in [1.82, 2.24) is 20.3 Å². The highest BCUT2D eigenvalue weighted by Gasteiger charge is 2.21. The Labute approximate surface area is 252 Å². The van der Waals surface area contributed by atoms with Crippen LogP contribution in [-0.2, 0) is 21.3 Å². The first kappa shape index (κ1) is 28.8. The number of hydrogen-bond acceptors (Lipinski definition) is 8. The van der Waals surface area contributed by atoms with E-state index in [1.807, 2.05) is 85.8 Å². The molecule has 1 saturated heterocycles. The van der Waals surface area contributed by atoms with E-state index in [0.29, 0.717) is 29.2 Å². The van der Waals surface area contributed by atoms with Crippen molar-refractivity contribution in [2.75, 3.05) is 18.4 Å². The molecule has 0 bridgehead atoms. The van der Waals surface area contributed by atoms with Crippen molar-refractivity contribution in [3.63, 3.8) is 0 Å². The molecule has 0 saturated carbocycles. The molecular formula is C34H35N5O3S. The molecule has 1 aliphatic heterocycles. The molecule has 220 valence electrons. The van der Waals surface area contributed by atoms with Gasteiger partial charge in [-0.25, -0.2) is 23.4 Å². The Bertz CT molecular complexity index is 1850. The van der Waals surface area contributed by atoms with Crippen LogP contribution in [-0.4, -0.2) is 42.5 Å². The standard InChI is InChI=1S/C34H35N5O3S/c1-23-18-27(20-35-19-23)38-34-37-17-15-31(39-34)30-12-7-16-36-33(30)42-32-24(2)13-14-28-26(10-6-11-29(28)32)22-43(40,41)21-25-8-4-3-5-9-25/h3-17,23,27,35H,18-22H2,1-2H3,(H,37,38,39)/t23-,27+/m1/s1.